The fourth-order valence-electron chi connectivity index (χ4n) is 3.33. The first-order chi connectivity index (χ1) is 14.1. The number of aromatic nitrogens is 4. The summed E-state index contributed by atoms with van der Waals surface area (Å²) in [5.41, 5.74) is 2.98. The van der Waals surface area contributed by atoms with Gasteiger partial charge in [0.25, 0.3) is 0 Å². The summed E-state index contributed by atoms with van der Waals surface area (Å²) in [6.45, 7) is 2.20. The van der Waals surface area contributed by atoms with Crippen molar-refractivity contribution < 1.29 is 9.59 Å². The van der Waals surface area contributed by atoms with Crippen molar-refractivity contribution >= 4 is 28.4 Å². The molecule has 2 aromatic carbocycles. The van der Waals surface area contributed by atoms with Crippen molar-refractivity contribution in [3.63, 3.8) is 0 Å². The van der Waals surface area contributed by atoms with Crippen LogP contribution >= 0.6 is 0 Å². The van der Waals surface area contributed by atoms with Gasteiger partial charge in [-0.05, 0) is 36.4 Å². The number of rotatable bonds is 6. The van der Waals surface area contributed by atoms with Crippen molar-refractivity contribution in [2.24, 2.45) is 7.05 Å². The highest BCUT2D eigenvalue weighted by Crippen LogP contribution is 2.17. The minimum atomic E-state index is -0.159. The molecule has 0 fully saturated rings. The van der Waals surface area contributed by atoms with Gasteiger partial charge in [0.2, 0.25) is 11.7 Å². The number of ketones is 1. The van der Waals surface area contributed by atoms with Crippen molar-refractivity contribution in [1.29, 1.82) is 0 Å². The molecule has 7 heteroatoms. The second-order valence-corrected chi connectivity index (χ2v) is 6.77. The van der Waals surface area contributed by atoms with Crippen LogP contribution in [-0.4, -0.2) is 30.8 Å². The standard InChI is InChI=1S/C22H21N5O2/c1-3-19-25-17-6-4-5-7-18(17)27(19)14-20(28)24-16-10-8-15(9-11-16)21(29)22-23-12-13-26(22)2/h4-13H,3,14H2,1-2H3,(H,24,28). The summed E-state index contributed by atoms with van der Waals surface area (Å²) < 4.78 is 3.61. The molecule has 0 spiro atoms. The third-order valence-corrected chi connectivity index (χ3v) is 4.81. The average Bonchev–Trinajstić information content (AvgIpc) is 3.31. The minimum Gasteiger partial charge on any atom is -0.331 e. The normalized spacial score (nSPS) is 11.0. The third-order valence-electron chi connectivity index (χ3n) is 4.81. The van der Waals surface area contributed by atoms with E-state index in [9.17, 15) is 9.59 Å². The van der Waals surface area contributed by atoms with E-state index in [0.29, 0.717) is 17.1 Å². The number of benzene rings is 2. The first-order valence-corrected chi connectivity index (χ1v) is 9.43. The number of para-hydroxylation sites is 2. The Labute approximate surface area is 168 Å². The lowest BCUT2D eigenvalue weighted by Gasteiger charge is -2.10. The molecule has 0 aliphatic carbocycles. The van der Waals surface area contributed by atoms with Gasteiger partial charge in [0, 0.05) is 37.1 Å². The molecule has 4 aromatic rings. The molecule has 2 heterocycles. The van der Waals surface area contributed by atoms with Crippen LogP contribution in [0.1, 0.15) is 28.9 Å². The number of anilines is 1. The topological polar surface area (TPSA) is 81.8 Å². The number of amides is 1. The summed E-state index contributed by atoms with van der Waals surface area (Å²) in [5.74, 6) is 0.942. The molecule has 0 saturated heterocycles. The molecular formula is C22H21N5O2. The summed E-state index contributed by atoms with van der Waals surface area (Å²) >= 11 is 0. The molecule has 0 aliphatic rings. The maximum absolute atomic E-state index is 12.6. The van der Waals surface area contributed by atoms with E-state index < -0.39 is 0 Å². The van der Waals surface area contributed by atoms with Crippen molar-refractivity contribution in [3.8, 4) is 0 Å². The van der Waals surface area contributed by atoms with Crippen LogP contribution in [0.15, 0.2) is 60.9 Å². The number of hydrogen-bond donors (Lipinski definition) is 1. The lowest BCUT2D eigenvalue weighted by atomic mass is 10.1. The number of carbonyl (C=O) groups is 2. The average molecular weight is 387 g/mol. The number of nitrogens with zero attached hydrogens (tertiary/aromatic N) is 4. The van der Waals surface area contributed by atoms with E-state index in [1.807, 2.05) is 35.8 Å². The first-order valence-electron chi connectivity index (χ1n) is 9.43. The Morgan fingerprint density at radius 2 is 1.83 bits per heavy atom. The molecule has 0 bridgehead atoms. The number of imidazole rings is 2. The van der Waals surface area contributed by atoms with Crippen LogP contribution in [0.25, 0.3) is 11.0 Å². The van der Waals surface area contributed by atoms with E-state index in [4.69, 9.17) is 0 Å². The smallest absolute Gasteiger partial charge is 0.244 e. The molecule has 0 unspecified atom stereocenters. The van der Waals surface area contributed by atoms with Crippen LogP contribution < -0.4 is 5.32 Å². The molecule has 7 nitrogen and oxygen atoms in total. The molecule has 1 amide bonds. The number of aryl methyl sites for hydroxylation is 2. The van der Waals surface area contributed by atoms with Crippen molar-refractivity contribution in [2.75, 3.05) is 5.32 Å². The Kier molecular flexibility index (Phi) is 4.95. The van der Waals surface area contributed by atoms with Gasteiger partial charge in [0.1, 0.15) is 12.4 Å². The molecule has 0 atom stereocenters. The van der Waals surface area contributed by atoms with Gasteiger partial charge in [-0.3, -0.25) is 9.59 Å². The van der Waals surface area contributed by atoms with Gasteiger partial charge in [0.15, 0.2) is 5.82 Å². The maximum atomic E-state index is 12.6. The Bertz CT molecular complexity index is 1190. The predicted octanol–water partition coefficient (Wildman–Crippen LogP) is 3.20. The second-order valence-electron chi connectivity index (χ2n) is 6.77. The Balaban J connectivity index is 1.48. The first kappa shape index (κ1) is 18.6. The SMILES string of the molecule is CCc1nc2ccccc2n1CC(=O)Nc1ccc(C(=O)c2nccn2C)cc1. The summed E-state index contributed by atoms with van der Waals surface area (Å²) in [6, 6.07) is 14.6. The monoisotopic (exact) mass is 387 g/mol. The molecular weight excluding hydrogens is 366 g/mol. The Morgan fingerprint density at radius 3 is 2.52 bits per heavy atom. The van der Waals surface area contributed by atoms with E-state index in [1.165, 1.54) is 0 Å². The van der Waals surface area contributed by atoms with E-state index in [2.05, 4.69) is 15.3 Å². The van der Waals surface area contributed by atoms with Gasteiger partial charge >= 0.3 is 0 Å². The quantitative estimate of drug-likeness (QED) is 0.515. The highest BCUT2D eigenvalue weighted by atomic mass is 16.2. The second kappa shape index (κ2) is 7.71. The largest absolute Gasteiger partial charge is 0.331 e. The summed E-state index contributed by atoms with van der Waals surface area (Å²) in [5, 5.41) is 2.89. The van der Waals surface area contributed by atoms with E-state index in [1.54, 1.807) is 48.3 Å². The van der Waals surface area contributed by atoms with Gasteiger partial charge in [-0.2, -0.15) is 0 Å². The maximum Gasteiger partial charge on any atom is 0.244 e. The molecule has 4 rings (SSSR count). The van der Waals surface area contributed by atoms with Crippen molar-refractivity contribution in [3.05, 3.63) is 78.1 Å². The lowest BCUT2D eigenvalue weighted by Crippen LogP contribution is -2.20. The van der Waals surface area contributed by atoms with Crippen LogP contribution in [0.5, 0.6) is 0 Å². The van der Waals surface area contributed by atoms with Crippen LogP contribution in [0.4, 0.5) is 5.69 Å². The highest BCUT2D eigenvalue weighted by Gasteiger charge is 2.15. The summed E-state index contributed by atoms with van der Waals surface area (Å²) in [7, 11) is 1.78. The zero-order valence-electron chi connectivity index (χ0n) is 16.3. The highest BCUT2D eigenvalue weighted by molar-refractivity contribution is 6.07. The van der Waals surface area contributed by atoms with Gasteiger partial charge in [0.05, 0.1) is 11.0 Å². The fourth-order valence-corrected chi connectivity index (χ4v) is 3.33. The van der Waals surface area contributed by atoms with Crippen LogP contribution in [-0.2, 0) is 24.8 Å². The molecule has 0 radical (unpaired) electrons. The summed E-state index contributed by atoms with van der Waals surface area (Å²) in [6.07, 6.45) is 4.06. The zero-order valence-corrected chi connectivity index (χ0v) is 16.3. The molecule has 2 aromatic heterocycles. The number of carbonyl (C=O) groups excluding carboxylic acids is 2. The Hall–Kier alpha value is -3.74. The molecule has 0 saturated carbocycles. The molecule has 29 heavy (non-hydrogen) atoms. The zero-order chi connectivity index (χ0) is 20.4. The van der Waals surface area contributed by atoms with Crippen LogP contribution in [0.3, 0.4) is 0 Å². The third kappa shape index (κ3) is 3.67. The predicted molar refractivity (Wildman–Crippen MR) is 111 cm³/mol. The van der Waals surface area contributed by atoms with Crippen LogP contribution in [0.2, 0.25) is 0 Å². The molecule has 0 aliphatic heterocycles. The lowest BCUT2D eigenvalue weighted by molar-refractivity contribution is -0.116. The molecule has 1 N–H and O–H groups in total. The fraction of sp³-hybridized carbons (Fsp3) is 0.182. The van der Waals surface area contributed by atoms with Crippen molar-refractivity contribution in [1.82, 2.24) is 19.1 Å². The van der Waals surface area contributed by atoms with Gasteiger partial charge < -0.3 is 14.5 Å². The van der Waals surface area contributed by atoms with E-state index in [-0.39, 0.29) is 18.2 Å². The van der Waals surface area contributed by atoms with Gasteiger partial charge in [-0.15, -0.1) is 0 Å². The van der Waals surface area contributed by atoms with Crippen LogP contribution in [0, 0.1) is 0 Å². The Morgan fingerprint density at radius 1 is 1.07 bits per heavy atom. The molecule has 146 valence electrons. The van der Waals surface area contributed by atoms with Gasteiger partial charge in [-0.1, -0.05) is 19.1 Å². The minimum absolute atomic E-state index is 0.147. The van der Waals surface area contributed by atoms with Gasteiger partial charge in [-0.25, -0.2) is 9.97 Å². The van der Waals surface area contributed by atoms with Crippen molar-refractivity contribution in [2.45, 2.75) is 19.9 Å². The number of fused-ring (bicyclic) bond motifs is 1. The number of nitrogens with one attached hydrogen (secondary N) is 1. The number of hydrogen-bond acceptors (Lipinski definition) is 4. The van der Waals surface area contributed by atoms with E-state index in [0.717, 1.165) is 23.3 Å². The van der Waals surface area contributed by atoms with E-state index >= 15 is 0 Å². The summed E-state index contributed by atoms with van der Waals surface area (Å²) in [4.78, 5) is 33.8.